The first-order valence-corrected chi connectivity index (χ1v) is 9.30. The van der Waals surface area contributed by atoms with Crippen molar-refractivity contribution in [3.05, 3.63) is 56.0 Å². The maximum Gasteiger partial charge on any atom is 0.138 e. The third-order valence-electron chi connectivity index (χ3n) is 3.39. The first kappa shape index (κ1) is 15.4. The van der Waals surface area contributed by atoms with E-state index in [9.17, 15) is 0 Å². The quantitative estimate of drug-likeness (QED) is 0.533. The number of fused-ring (bicyclic) bond motifs is 1. The van der Waals surface area contributed by atoms with Crippen molar-refractivity contribution in [2.75, 3.05) is 6.61 Å². The zero-order valence-electron chi connectivity index (χ0n) is 11.2. The van der Waals surface area contributed by atoms with Crippen LogP contribution in [0.3, 0.4) is 0 Å². The molecule has 0 aliphatic carbocycles. The van der Waals surface area contributed by atoms with Crippen LogP contribution in [0.5, 0.6) is 11.5 Å². The van der Waals surface area contributed by atoms with Gasteiger partial charge in [-0.2, -0.15) is 0 Å². The molecule has 0 spiro atoms. The Morgan fingerprint density at radius 3 is 2.81 bits per heavy atom. The molecule has 0 N–H and O–H groups in total. The van der Waals surface area contributed by atoms with Crippen LogP contribution in [0.1, 0.15) is 16.7 Å². The van der Waals surface area contributed by atoms with Gasteiger partial charge in [-0.25, -0.2) is 0 Å². The molecule has 1 aliphatic rings. The number of alkyl halides is 1. The summed E-state index contributed by atoms with van der Waals surface area (Å²) in [5.74, 6) is 1.85. The van der Waals surface area contributed by atoms with Crippen LogP contribution >= 0.6 is 47.8 Å². The van der Waals surface area contributed by atoms with Crippen LogP contribution in [0.2, 0.25) is 0 Å². The molecule has 2 aromatic carbocycles. The summed E-state index contributed by atoms with van der Waals surface area (Å²) < 4.78 is 13.8. The van der Waals surface area contributed by atoms with Crippen molar-refractivity contribution in [2.24, 2.45) is 0 Å². The molecule has 0 atom stereocenters. The molecule has 0 saturated heterocycles. The van der Waals surface area contributed by atoms with E-state index >= 15 is 0 Å². The van der Waals surface area contributed by atoms with Crippen molar-refractivity contribution < 1.29 is 9.47 Å². The second-order valence-corrected chi connectivity index (χ2v) is 7.13. The molecule has 1 aliphatic heterocycles. The highest BCUT2D eigenvalue weighted by Crippen LogP contribution is 2.35. The van der Waals surface area contributed by atoms with E-state index in [1.54, 1.807) is 0 Å². The largest absolute Gasteiger partial charge is 0.493 e. The highest BCUT2D eigenvalue weighted by molar-refractivity contribution is 9.11. The topological polar surface area (TPSA) is 18.5 Å². The monoisotopic (exact) mass is 474 g/mol. The van der Waals surface area contributed by atoms with Crippen LogP contribution in [-0.2, 0) is 18.4 Å². The van der Waals surface area contributed by atoms with Gasteiger partial charge in [0.05, 0.1) is 11.1 Å². The maximum absolute atomic E-state index is 6.05. The first-order valence-electron chi connectivity index (χ1n) is 6.59. The van der Waals surface area contributed by atoms with Crippen LogP contribution in [0.15, 0.2) is 39.3 Å². The molecular weight excluding hydrogens is 464 g/mol. The van der Waals surface area contributed by atoms with Gasteiger partial charge >= 0.3 is 0 Å². The summed E-state index contributed by atoms with van der Waals surface area (Å²) in [6.45, 7) is 1.24. The lowest BCUT2D eigenvalue weighted by Crippen LogP contribution is -2.01. The minimum atomic E-state index is 0.490. The summed E-state index contributed by atoms with van der Waals surface area (Å²) in [5.41, 5.74) is 3.45. The van der Waals surface area contributed by atoms with Crippen LogP contribution in [0, 0.1) is 0 Å². The Morgan fingerprint density at radius 2 is 2.00 bits per heavy atom. The van der Waals surface area contributed by atoms with E-state index < -0.39 is 0 Å². The van der Waals surface area contributed by atoms with E-state index in [2.05, 4.69) is 66.0 Å². The number of rotatable bonds is 4. The summed E-state index contributed by atoms with van der Waals surface area (Å²) in [6, 6.07) is 10.2. The minimum absolute atomic E-state index is 0.490. The average Bonchev–Trinajstić information content (AvgIpc) is 2.93. The van der Waals surface area contributed by atoms with E-state index in [0.29, 0.717) is 6.61 Å². The SMILES string of the molecule is BrCc1cccc(Br)c1OCc1cc(Br)cc2c1OCC2. The molecule has 0 unspecified atom stereocenters. The predicted octanol–water partition coefficient (Wildman–Crippen LogP) is 5.62. The molecule has 0 amide bonds. The van der Waals surface area contributed by atoms with E-state index in [0.717, 1.165) is 49.9 Å². The smallest absolute Gasteiger partial charge is 0.138 e. The van der Waals surface area contributed by atoms with Gasteiger partial charge in [0.15, 0.2) is 0 Å². The number of hydrogen-bond acceptors (Lipinski definition) is 2. The normalized spacial score (nSPS) is 12.9. The van der Waals surface area contributed by atoms with Crippen LogP contribution in [-0.4, -0.2) is 6.61 Å². The Bertz CT molecular complexity index is 671. The van der Waals surface area contributed by atoms with Gasteiger partial charge in [0.25, 0.3) is 0 Å². The number of ether oxygens (including phenoxy) is 2. The summed E-state index contributed by atoms with van der Waals surface area (Å²) >= 11 is 10.6. The van der Waals surface area contributed by atoms with Crippen LogP contribution in [0.25, 0.3) is 0 Å². The Hall–Kier alpha value is -0.520. The summed E-state index contributed by atoms with van der Waals surface area (Å²) in [4.78, 5) is 0. The van der Waals surface area contributed by atoms with E-state index in [4.69, 9.17) is 9.47 Å². The average molecular weight is 477 g/mol. The highest BCUT2D eigenvalue weighted by Gasteiger charge is 2.18. The molecule has 5 heteroatoms. The lowest BCUT2D eigenvalue weighted by atomic mass is 10.1. The van der Waals surface area contributed by atoms with Gasteiger partial charge in [0, 0.05) is 27.4 Å². The van der Waals surface area contributed by atoms with Crippen molar-refractivity contribution in [3.8, 4) is 11.5 Å². The van der Waals surface area contributed by atoms with Gasteiger partial charge in [0.1, 0.15) is 18.1 Å². The van der Waals surface area contributed by atoms with Crippen LogP contribution in [0.4, 0.5) is 0 Å². The molecule has 0 saturated carbocycles. The van der Waals surface area contributed by atoms with Crippen LogP contribution < -0.4 is 9.47 Å². The van der Waals surface area contributed by atoms with Gasteiger partial charge < -0.3 is 9.47 Å². The Labute approximate surface area is 149 Å². The Morgan fingerprint density at radius 1 is 1.14 bits per heavy atom. The van der Waals surface area contributed by atoms with E-state index in [-0.39, 0.29) is 0 Å². The third-order valence-corrected chi connectivity index (χ3v) is 5.08. The Kier molecular flexibility index (Phi) is 4.92. The molecule has 2 aromatic rings. The summed E-state index contributed by atoms with van der Waals surface area (Å²) in [5, 5.41) is 0.759. The fourth-order valence-corrected chi connectivity index (χ4v) is 3.94. The van der Waals surface area contributed by atoms with Crippen molar-refractivity contribution in [1.82, 2.24) is 0 Å². The molecule has 0 bridgehead atoms. The van der Waals surface area contributed by atoms with Crippen molar-refractivity contribution in [1.29, 1.82) is 0 Å². The lowest BCUT2D eigenvalue weighted by molar-refractivity contribution is 0.288. The zero-order chi connectivity index (χ0) is 14.8. The molecule has 2 nitrogen and oxygen atoms in total. The van der Waals surface area contributed by atoms with Crippen molar-refractivity contribution in [2.45, 2.75) is 18.4 Å². The molecule has 0 radical (unpaired) electrons. The number of hydrogen-bond donors (Lipinski definition) is 0. The molecule has 110 valence electrons. The highest BCUT2D eigenvalue weighted by atomic mass is 79.9. The molecule has 1 heterocycles. The van der Waals surface area contributed by atoms with Gasteiger partial charge in [-0.3, -0.25) is 0 Å². The maximum atomic E-state index is 6.05. The molecule has 21 heavy (non-hydrogen) atoms. The standard InChI is InChI=1S/C16H13Br3O2/c17-8-11-2-1-3-14(19)16(11)21-9-12-7-13(18)6-10-4-5-20-15(10)12/h1-3,6-7H,4-5,8-9H2. The van der Waals surface area contributed by atoms with E-state index in [1.165, 1.54) is 5.56 Å². The van der Waals surface area contributed by atoms with Crippen molar-refractivity contribution in [3.63, 3.8) is 0 Å². The van der Waals surface area contributed by atoms with E-state index in [1.807, 2.05) is 12.1 Å². The fraction of sp³-hybridized carbons (Fsp3) is 0.250. The predicted molar refractivity (Wildman–Crippen MR) is 94.4 cm³/mol. The fourth-order valence-electron chi connectivity index (χ4n) is 2.42. The number of para-hydroxylation sites is 1. The second kappa shape index (κ2) is 6.71. The number of halogens is 3. The van der Waals surface area contributed by atoms with Gasteiger partial charge in [0.2, 0.25) is 0 Å². The molecule has 0 fully saturated rings. The second-order valence-electron chi connectivity index (χ2n) is 4.80. The van der Waals surface area contributed by atoms with Gasteiger partial charge in [-0.1, -0.05) is 44.0 Å². The van der Waals surface area contributed by atoms with Gasteiger partial charge in [-0.05, 0) is 39.7 Å². The molecule has 3 rings (SSSR count). The molecule has 0 aromatic heterocycles. The summed E-state index contributed by atoms with van der Waals surface area (Å²) in [6.07, 6.45) is 0.962. The lowest BCUT2D eigenvalue weighted by Gasteiger charge is -2.14. The Balaban J connectivity index is 1.86. The third kappa shape index (κ3) is 3.30. The summed E-state index contributed by atoms with van der Waals surface area (Å²) in [7, 11) is 0. The first-order chi connectivity index (χ1) is 10.2. The minimum Gasteiger partial charge on any atom is -0.493 e. The molecular formula is C16H13Br3O2. The van der Waals surface area contributed by atoms with Crippen molar-refractivity contribution >= 4 is 47.8 Å². The zero-order valence-corrected chi connectivity index (χ0v) is 15.9. The van der Waals surface area contributed by atoms with Gasteiger partial charge in [-0.15, -0.1) is 0 Å². The number of benzene rings is 2.